The predicted molar refractivity (Wildman–Crippen MR) is 143 cm³/mol. The maximum atomic E-state index is 5.34. The van der Waals surface area contributed by atoms with E-state index < -0.39 is 0 Å². The van der Waals surface area contributed by atoms with Crippen LogP contribution in [0.4, 0.5) is 0 Å². The smallest absolute Gasteiger partial charge is 0.0979 e. The van der Waals surface area contributed by atoms with Gasteiger partial charge in [0, 0.05) is 26.4 Å². The largest absolute Gasteiger partial charge is 0.243 e. The van der Waals surface area contributed by atoms with Crippen molar-refractivity contribution in [3.63, 3.8) is 0 Å². The van der Waals surface area contributed by atoms with Gasteiger partial charge >= 0.3 is 0 Å². The van der Waals surface area contributed by atoms with Crippen molar-refractivity contribution >= 4 is 48.5 Å². The molecule has 6 aromatic rings. The average Bonchev–Trinajstić information content (AvgIpc) is 2.84. The summed E-state index contributed by atoms with van der Waals surface area (Å²) in [5.41, 5.74) is 8.27. The fourth-order valence-corrected chi connectivity index (χ4v) is 5.13. The standard InChI is InChI=1S/C30H21BrN2/c1-18-11-13-20(14-12-18)27-28(22-16-15-21(31)17-19(22)2)33-30-26-10-6-4-8-24(26)23-7-3-5-9-25(23)29(30)32-27/h3-17H,1-2H3. The molecule has 0 atom stereocenters. The first kappa shape index (κ1) is 20.1. The van der Waals surface area contributed by atoms with Gasteiger partial charge in [0.2, 0.25) is 0 Å². The van der Waals surface area contributed by atoms with Crippen molar-refractivity contribution in [2.45, 2.75) is 13.8 Å². The maximum absolute atomic E-state index is 5.34. The minimum atomic E-state index is 0.911. The second-order valence-corrected chi connectivity index (χ2v) is 9.45. The van der Waals surface area contributed by atoms with E-state index in [1.807, 2.05) is 0 Å². The van der Waals surface area contributed by atoms with E-state index in [-0.39, 0.29) is 0 Å². The lowest BCUT2D eigenvalue weighted by Crippen LogP contribution is -1.98. The topological polar surface area (TPSA) is 25.8 Å². The molecule has 0 saturated heterocycles. The molecule has 158 valence electrons. The molecule has 0 aliphatic rings. The van der Waals surface area contributed by atoms with Crippen molar-refractivity contribution in [2.75, 3.05) is 0 Å². The van der Waals surface area contributed by atoms with E-state index in [2.05, 4.69) is 121 Å². The van der Waals surface area contributed by atoms with E-state index in [0.717, 1.165) is 54.4 Å². The zero-order valence-corrected chi connectivity index (χ0v) is 20.0. The number of fused-ring (bicyclic) bond motifs is 6. The molecule has 2 nitrogen and oxygen atoms in total. The van der Waals surface area contributed by atoms with E-state index >= 15 is 0 Å². The van der Waals surface area contributed by atoms with Crippen molar-refractivity contribution in [3.05, 3.63) is 107 Å². The zero-order valence-electron chi connectivity index (χ0n) is 18.4. The lowest BCUT2D eigenvalue weighted by Gasteiger charge is -2.16. The van der Waals surface area contributed by atoms with Crippen molar-refractivity contribution in [2.24, 2.45) is 0 Å². The van der Waals surface area contributed by atoms with Gasteiger partial charge in [-0.3, -0.25) is 0 Å². The van der Waals surface area contributed by atoms with Gasteiger partial charge in [0.1, 0.15) is 0 Å². The normalized spacial score (nSPS) is 11.5. The molecule has 0 amide bonds. The molecule has 1 heterocycles. The molecule has 0 aliphatic heterocycles. The van der Waals surface area contributed by atoms with Crippen LogP contribution in [0.15, 0.2) is 95.5 Å². The van der Waals surface area contributed by atoms with E-state index in [1.54, 1.807) is 0 Å². The fourth-order valence-electron chi connectivity index (χ4n) is 4.65. The highest BCUT2D eigenvalue weighted by molar-refractivity contribution is 9.10. The molecule has 6 rings (SSSR count). The number of aromatic nitrogens is 2. The van der Waals surface area contributed by atoms with Crippen LogP contribution >= 0.6 is 15.9 Å². The first-order valence-corrected chi connectivity index (χ1v) is 11.8. The van der Waals surface area contributed by atoms with Gasteiger partial charge in [0.15, 0.2) is 0 Å². The number of rotatable bonds is 2. The minimum absolute atomic E-state index is 0.911. The molecule has 3 heteroatoms. The van der Waals surface area contributed by atoms with Gasteiger partial charge in [0.05, 0.1) is 22.4 Å². The van der Waals surface area contributed by atoms with Gasteiger partial charge in [-0.25, -0.2) is 9.97 Å². The Bertz CT molecular complexity index is 1680. The van der Waals surface area contributed by atoms with E-state index in [1.165, 1.54) is 16.3 Å². The molecule has 33 heavy (non-hydrogen) atoms. The number of hydrogen-bond donors (Lipinski definition) is 0. The Hall–Kier alpha value is -3.56. The van der Waals surface area contributed by atoms with Crippen LogP contribution in [0.2, 0.25) is 0 Å². The number of benzene rings is 5. The van der Waals surface area contributed by atoms with Gasteiger partial charge in [-0.1, -0.05) is 100 Å². The maximum Gasteiger partial charge on any atom is 0.0979 e. The van der Waals surface area contributed by atoms with Crippen LogP contribution in [-0.2, 0) is 0 Å². The van der Waals surface area contributed by atoms with E-state index in [4.69, 9.17) is 9.97 Å². The van der Waals surface area contributed by atoms with Crippen LogP contribution in [0.3, 0.4) is 0 Å². The summed E-state index contributed by atoms with van der Waals surface area (Å²) in [7, 11) is 0. The summed E-state index contributed by atoms with van der Waals surface area (Å²) in [6, 6.07) is 31.9. The Kier molecular flexibility index (Phi) is 4.74. The minimum Gasteiger partial charge on any atom is -0.243 e. The van der Waals surface area contributed by atoms with E-state index in [9.17, 15) is 0 Å². The molecule has 0 fully saturated rings. The third-order valence-electron chi connectivity index (χ3n) is 6.32. The van der Waals surface area contributed by atoms with Crippen LogP contribution in [0.5, 0.6) is 0 Å². The lowest BCUT2D eigenvalue weighted by molar-refractivity contribution is 1.29. The Labute approximate surface area is 201 Å². The summed E-state index contributed by atoms with van der Waals surface area (Å²) in [5, 5.41) is 4.67. The number of halogens is 1. The monoisotopic (exact) mass is 488 g/mol. The van der Waals surface area contributed by atoms with Crippen LogP contribution < -0.4 is 0 Å². The van der Waals surface area contributed by atoms with Crippen LogP contribution in [0, 0.1) is 13.8 Å². The van der Waals surface area contributed by atoms with Crippen LogP contribution in [-0.4, -0.2) is 9.97 Å². The summed E-state index contributed by atoms with van der Waals surface area (Å²) in [4.78, 5) is 10.7. The third-order valence-corrected chi connectivity index (χ3v) is 6.81. The van der Waals surface area contributed by atoms with Crippen LogP contribution in [0.25, 0.3) is 55.1 Å². The molecule has 0 unspecified atom stereocenters. The summed E-state index contributed by atoms with van der Waals surface area (Å²) >= 11 is 3.60. The van der Waals surface area contributed by atoms with Gasteiger partial charge in [-0.2, -0.15) is 0 Å². The van der Waals surface area contributed by atoms with Gasteiger partial charge < -0.3 is 0 Å². The first-order valence-electron chi connectivity index (χ1n) is 11.0. The Morgan fingerprint density at radius 1 is 0.576 bits per heavy atom. The van der Waals surface area contributed by atoms with Crippen molar-refractivity contribution < 1.29 is 0 Å². The Balaban J connectivity index is 1.81. The third kappa shape index (κ3) is 3.32. The predicted octanol–water partition coefficient (Wildman–Crippen LogP) is 8.65. The molecule has 0 aliphatic carbocycles. The number of aryl methyl sites for hydroxylation is 2. The summed E-state index contributed by atoms with van der Waals surface area (Å²) < 4.78 is 1.06. The molecular formula is C30H21BrN2. The Morgan fingerprint density at radius 2 is 1.12 bits per heavy atom. The highest BCUT2D eigenvalue weighted by Gasteiger charge is 2.18. The molecule has 0 radical (unpaired) electrons. The molecular weight excluding hydrogens is 468 g/mol. The lowest BCUT2D eigenvalue weighted by atomic mass is 9.96. The first-order chi connectivity index (χ1) is 16.1. The van der Waals surface area contributed by atoms with Gasteiger partial charge in [-0.05, 0) is 42.3 Å². The highest BCUT2D eigenvalue weighted by Crippen LogP contribution is 2.38. The van der Waals surface area contributed by atoms with Crippen molar-refractivity contribution in [1.29, 1.82) is 0 Å². The summed E-state index contributed by atoms with van der Waals surface area (Å²) in [6.45, 7) is 4.23. The molecule has 0 saturated carbocycles. The quantitative estimate of drug-likeness (QED) is 0.228. The Morgan fingerprint density at radius 3 is 1.70 bits per heavy atom. The number of nitrogens with zero attached hydrogens (tertiary/aromatic N) is 2. The molecule has 1 aromatic heterocycles. The molecule has 0 spiro atoms. The fraction of sp³-hybridized carbons (Fsp3) is 0.0667. The van der Waals surface area contributed by atoms with Crippen molar-refractivity contribution in [3.8, 4) is 22.5 Å². The second-order valence-electron chi connectivity index (χ2n) is 8.53. The van der Waals surface area contributed by atoms with Gasteiger partial charge in [-0.15, -0.1) is 0 Å². The highest BCUT2D eigenvalue weighted by atomic mass is 79.9. The molecule has 0 N–H and O–H groups in total. The van der Waals surface area contributed by atoms with Crippen LogP contribution in [0.1, 0.15) is 11.1 Å². The summed E-state index contributed by atoms with van der Waals surface area (Å²) in [5.74, 6) is 0. The molecule has 5 aromatic carbocycles. The molecule has 0 bridgehead atoms. The SMILES string of the molecule is Cc1ccc(-c2nc3c4ccccc4c4ccccc4c3nc2-c2ccc(Br)cc2C)cc1. The average molecular weight is 489 g/mol. The summed E-state index contributed by atoms with van der Waals surface area (Å²) in [6.07, 6.45) is 0. The second kappa shape index (κ2) is 7.79. The van der Waals surface area contributed by atoms with Crippen molar-refractivity contribution in [1.82, 2.24) is 9.97 Å². The van der Waals surface area contributed by atoms with E-state index in [0.29, 0.717) is 0 Å². The zero-order chi connectivity index (χ0) is 22.5. The van der Waals surface area contributed by atoms with Gasteiger partial charge in [0.25, 0.3) is 0 Å². The number of hydrogen-bond acceptors (Lipinski definition) is 2.